The zero-order chi connectivity index (χ0) is 23.4. The second kappa shape index (κ2) is 10.1. The van der Waals surface area contributed by atoms with Crippen molar-refractivity contribution in [2.24, 2.45) is 10.2 Å². The van der Waals surface area contributed by atoms with E-state index >= 15 is 0 Å². The van der Waals surface area contributed by atoms with Crippen molar-refractivity contribution in [1.29, 1.82) is 5.26 Å². The number of hydrogen-bond acceptors (Lipinski definition) is 8. The highest BCUT2D eigenvalue weighted by molar-refractivity contribution is 7.16. The number of nitriles is 1. The summed E-state index contributed by atoms with van der Waals surface area (Å²) < 4.78 is 5.68. The first-order valence-corrected chi connectivity index (χ1v) is 11.7. The molecular weight excluding hydrogens is 479 g/mol. The van der Waals surface area contributed by atoms with Crippen LogP contribution in [0.1, 0.15) is 24.6 Å². The maximum Gasteiger partial charge on any atom is 0.238 e. The van der Waals surface area contributed by atoms with Crippen molar-refractivity contribution >= 4 is 73.8 Å². The van der Waals surface area contributed by atoms with Crippen LogP contribution in [-0.2, 0) is 0 Å². The lowest BCUT2D eigenvalue weighted by Gasteiger charge is -2.20. The van der Waals surface area contributed by atoms with Crippen molar-refractivity contribution in [1.82, 2.24) is 9.97 Å². The average molecular weight is 497 g/mol. The molecule has 0 N–H and O–H groups in total. The van der Waals surface area contributed by atoms with E-state index in [-0.39, 0.29) is 16.6 Å². The summed E-state index contributed by atoms with van der Waals surface area (Å²) in [4.78, 5) is 11.4. The van der Waals surface area contributed by atoms with E-state index in [1.807, 2.05) is 24.3 Å². The van der Waals surface area contributed by atoms with Gasteiger partial charge in [-0.2, -0.15) is 5.26 Å². The molecule has 33 heavy (non-hydrogen) atoms. The molecule has 0 aliphatic heterocycles. The zero-order valence-corrected chi connectivity index (χ0v) is 20.1. The van der Waals surface area contributed by atoms with Gasteiger partial charge in [-0.25, -0.2) is 9.97 Å². The van der Waals surface area contributed by atoms with Crippen molar-refractivity contribution in [2.45, 2.75) is 13.8 Å². The third-order valence-electron chi connectivity index (χ3n) is 4.80. The zero-order valence-electron chi connectivity index (χ0n) is 17.8. The molecule has 0 aliphatic carbocycles. The monoisotopic (exact) mass is 496 g/mol. The fourth-order valence-electron chi connectivity index (χ4n) is 3.14. The average Bonchev–Trinajstić information content (AvgIpc) is 3.40. The van der Waals surface area contributed by atoms with Gasteiger partial charge in [0.25, 0.3) is 0 Å². The number of aromatic nitrogens is 2. The van der Waals surface area contributed by atoms with E-state index in [1.165, 1.54) is 11.3 Å². The van der Waals surface area contributed by atoms with Gasteiger partial charge in [-0.1, -0.05) is 34.5 Å². The van der Waals surface area contributed by atoms with E-state index in [2.05, 4.69) is 45.0 Å². The summed E-state index contributed by atoms with van der Waals surface area (Å²) in [5.41, 5.74) is 3.15. The van der Waals surface area contributed by atoms with Crippen molar-refractivity contribution in [3.8, 4) is 6.07 Å². The molecule has 0 saturated carbocycles. The summed E-state index contributed by atoms with van der Waals surface area (Å²) in [5.74, 6) is 0.177. The van der Waals surface area contributed by atoms with Crippen LogP contribution in [0.5, 0.6) is 0 Å². The second-order valence-electron chi connectivity index (χ2n) is 6.84. The summed E-state index contributed by atoms with van der Waals surface area (Å²) in [6.07, 6.45) is 1.57. The molecule has 0 amide bonds. The molecule has 10 heteroatoms. The smallest absolute Gasteiger partial charge is 0.238 e. The first kappa shape index (κ1) is 22.9. The topological polar surface area (TPSA) is 90.7 Å². The predicted octanol–water partition coefficient (Wildman–Crippen LogP) is 7.92. The van der Waals surface area contributed by atoms with Crippen LogP contribution in [0.25, 0.3) is 22.7 Å². The molecule has 0 saturated heterocycles. The molecule has 0 fully saturated rings. The highest BCUT2D eigenvalue weighted by Crippen LogP contribution is 2.34. The van der Waals surface area contributed by atoms with Gasteiger partial charge in [-0.05, 0) is 62.4 Å². The van der Waals surface area contributed by atoms with Crippen LogP contribution in [0, 0.1) is 11.3 Å². The van der Waals surface area contributed by atoms with Crippen LogP contribution >= 0.6 is 34.5 Å². The van der Waals surface area contributed by atoms with Crippen LogP contribution in [0.2, 0.25) is 10.2 Å². The molecule has 0 aliphatic rings. The molecule has 0 atom stereocenters. The maximum absolute atomic E-state index is 9.62. The number of halogens is 2. The Morgan fingerprint density at radius 1 is 1.12 bits per heavy atom. The Bertz CT molecular complexity index is 1380. The SMILES string of the molecule is CCN(CC)c1ccc(N=Nc2nc(Cl)c(/C=C(\C#N)c3nc4cc(Cl)ccc4o3)s2)cc1. The quantitative estimate of drug-likeness (QED) is 0.191. The highest BCUT2D eigenvalue weighted by atomic mass is 35.5. The van der Waals surface area contributed by atoms with Crippen LogP contribution in [0.4, 0.5) is 16.5 Å². The molecule has 4 aromatic rings. The van der Waals surface area contributed by atoms with Gasteiger partial charge >= 0.3 is 0 Å². The Balaban J connectivity index is 1.55. The molecule has 0 bridgehead atoms. The summed E-state index contributed by atoms with van der Waals surface area (Å²) in [7, 11) is 0. The van der Waals surface area contributed by atoms with Crippen LogP contribution < -0.4 is 4.90 Å². The minimum absolute atomic E-state index is 0.177. The number of hydrogen-bond donors (Lipinski definition) is 0. The summed E-state index contributed by atoms with van der Waals surface area (Å²) >= 11 is 13.5. The largest absolute Gasteiger partial charge is 0.435 e. The number of allylic oxidation sites excluding steroid dienone is 1. The third kappa shape index (κ3) is 5.22. The van der Waals surface area contributed by atoms with Crippen molar-refractivity contribution in [3.63, 3.8) is 0 Å². The number of fused-ring (bicyclic) bond motifs is 1. The summed E-state index contributed by atoms with van der Waals surface area (Å²) in [6, 6.07) is 15.0. The van der Waals surface area contributed by atoms with Crippen molar-refractivity contribution in [3.05, 3.63) is 63.4 Å². The molecule has 166 valence electrons. The molecule has 2 heterocycles. The van der Waals surface area contributed by atoms with Crippen molar-refractivity contribution < 1.29 is 4.42 Å². The molecule has 0 spiro atoms. The van der Waals surface area contributed by atoms with E-state index in [4.69, 9.17) is 27.6 Å². The Kier molecular flexibility index (Phi) is 7.04. The van der Waals surface area contributed by atoms with Crippen molar-refractivity contribution in [2.75, 3.05) is 18.0 Å². The molecular formula is C23H18Cl2N6OS. The Labute approximate surface area is 204 Å². The van der Waals surface area contributed by atoms with Crippen LogP contribution in [0.3, 0.4) is 0 Å². The van der Waals surface area contributed by atoms with Gasteiger partial charge in [-0.3, -0.25) is 0 Å². The van der Waals surface area contributed by atoms with E-state index in [0.717, 1.165) is 18.8 Å². The van der Waals surface area contributed by atoms with Gasteiger partial charge in [0.1, 0.15) is 22.3 Å². The van der Waals surface area contributed by atoms with Gasteiger partial charge in [-0.15, -0.1) is 10.2 Å². The molecule has 4 rings (SSSR count). The van der Waals surface area contributed by atoms with Crippen LogP contribution in [0.15, 0.2) is 57.1 Å². The van der Waals surface area contributed by atoms with Crippen LogP contribution in [-0.4, -0.2) is 23.1 Å². The molecule has 0 unspecified atom stereocenters. The van der Waals surface area contributed by atoms with Gasteiger partial charge in [0.05, 0.1) is 10.6 Å². The van der Waals surface area contributed by atoms with E-state index < -0.39 is 0 Å². The fraction of sp³-hybridized carbons (Fsp3) is 0.174. The lowest BCUT2D eigenvalue weighted by molar-refractivity contribution is 0.586. The standard InChI is InChI=1S/C23H18Cl2N6OS/c1-3-31(4-2)17-8-6-16(7-9-17)29-30-23-28-21(25)20(33-23)11-14(13-26)22-27-18-12-15(24)5-10-19(18)32-22/h5-12H,3-4H2,1-2H3/b14-11+,30-29?. The minimum Gasteiger partial charge on any atom is -0.435 e. The Morgan fingerprint density at radius 3 is 2.58 bits per heavy atom. The Hall–Kier alpha value is -3.25. The number of oxazole rings is 1. The lowest BCUT2D eigenvalue weighted by atomic mass is 10.2. The summed E-state index contributed by atoms with van der Waals surface area (Å²) in [5, 5.41) is 19.2. The van der Waals surface area contributed by atoms with E-state index in [0.29, 0.717) is 31.8 Å². The van der Waals surface area contributed by atoms with Gasteiger partial charge < -0.3 is 9.32 Å². The van der Waals surface area contributed by atoms with E-state index in [9.17, 15) is 5.26 Å². The number of thiazole rings is 1. The molecule has 0 radical (unpaired) electrons. The third-order valence-corrected chi connectivity index (χ3v) is 6.33. The summed E-state index contributed by atoms with van der Waals surface area (Å²) in [6.45, 7) is 6.11. The number of anilines is 1. The highest BCUT2D eigenvalue weighted by Gasteiger charge is 2.14. The number of benzene rings is 2. The lowest BCUT2D eigenvalue weighted by Crippen LogP contribution is -2.21. The fourth-order valence-corrected chi connectivity index (χ4v) is 4.33. The molecule has 2 aromatic heterocycles. The number of azo groups is 1. The Morgan fingerprint density at radius 2 is 1.88 bits per heavy atom. The molecule has 2 aromatic carbocycles. The minimum atomic E-state index is 0.177. The molecule has 7 nitrogen and oxygen atoms in total. The first-order valence-electron chi connectivity index (χ1n) is 10.1. The number of nitrogens with zero attached hydrogens (tertiary/aromatic N) is 6. The first-order chi connectivity index (χ1) is 16.0. The number of rotatable bonds is 7. The second-order valence-corrected chi connectivity index (χ2v) is 8.64. The van der Waals surface area contributed by atoms with Gasteiger partial charge in [0.2, 0.25) is 11.0 Å². The predicted molar refractivity (Wildman–Crippen MR) is 134 cm³/mol. The van der Waals surface area contributed by atoms with Gasteiger partial charge in [0, 0.05) is 23.8 Å². The van der Waals surface area contributed by atoms with E-state index in [1.54, 1.807) is 24.3 Å². The normalized spacial score (nSPS) is 11.9. The maximum atomic E-state index is 9.62. The van der Waals surface area contributed by atoms with Gasteiger partial charge in [0.15, 0.2) is 5.58 Å².